The van der Waals surface area contributed by atoms with Crippen molar-refractivity contribution in [3.05, 3.63) is 54.0 Å². The van der Waals surface area contributed by atoms with Gasteiger partial charge in [0.2, 0.25) is 0 Å². The molecular weight excluding hydrogens is 240 g/mol. The molecule has 0 unspecified atom stereocenters. The Hall–Kier alpha value is -2.43. The lowest BCUT2D eigenvalue weighted by Crippen LogP contribution is -2.24. The number of nitrogens with one attached hydrogen (secondary N) is 1. The quantitative estimate of drug-likeness (QED) is 0.900. The van der Waals surface area contributed by atoms with Gasteiger partial charge in [-0.3, -0.25) is 9.78 Å². The van der Waals surface area contributed by atoms with Gasteiger partial charge in [0, 0.05) is 33.0 Å². The van der Waals surface area contributed by atoms with E-state index >= 15 is 0 Å². The molecule has 2 aromatic rings. The van der Waals surface area contributed by atoms with Crippen molar-refractivity contribution in [2.45, 2.75) is 6.54 Å². The minimum atomic E-state index is -0.180. The number of nitrogens with zero attached hydrogens (tertiary/aromatic N) is 3. The van der Waals surface area contributed by atoms with Crippen molar-refractivity contribution in [1.29, 1.82) is 0 Å². The van der Waals surface area contributed by atoms with Crippen LogP contribution in [0.15, 0.2) is 42.7 Å². The molecule has 2 heterocycles. The standard InChI is InChI=1S/C14H16N4O/c1-18(2)13-5-3-4-12(17-13)14(19)16-10-11-6-8-15-9-7-11/h3-9H,10H2,1-2H3,(H,16,19). The average Bonchev–Trinajstić information content (AvgIpc) is 2.46. The monoisotopic (exact) mass is 256 g/mol. The third kappa shape index (κ3) is 3.51. The Balaban J connectivity index is 2.02. The summed E-state index contributed by atoms with van der Waals surface area (Å²) in [6.45, 7) is 0.467. The van der Waals surface area contributed by atoms with E-state index < -0.39 is 0 Å². The second-order valence-electron chi connectivity index (χ2n) is 4.31. The lowest BCUT2D eigenvalue weighted by molar-refractivity contribution is 0.0946. The highest BCUT2D eigenvalue weighted by Crippen LogP contribution is 2.08. The van der Waals surface area contributed by atoms with Crippen LogP contribution in [0.3, 0.4) is 0 Å². The van der Waals surface area contributed by atoms with Gasteiger partial charge in [0.25, 0.3) is 5.91 Å². The number of hydrogen-bond donors (Lipinski definition) is 1. The van der Waals surface area contributed by atoms with Crippen molar-refractivity contribution in [1.82, 2.24) is 15.3 Å². The van der Waals surface area contributed by atoms with Crippen molar-refractivity contribution in [2.24, 2.45) is 0 Å². The van der Waals surface area contributed by atoms with E-state index in [1.54, 1.807) is 18.5 Å². The molecule has 0 atom stereocenters. The van der Waals surface area contributed by atoms with E-state index in [0.717, 1.165) is 11.4 Å². The van der Waals surface area contributed by atoms with Gasteiger partial charge in [0.1, 0.15) is 11.5 Å². The first kappa shape index (κ1) is 13.0. The molecule has 0 fully saturated rings. The molecule has 2 aromatic heterocycles. The van der Waals surface area contributed by atoms with Gasteiger partial charge < -0.3 is 10.2 Å². The zero-order valence-electron chi connectivity index (χ0n) is 11.0. The minimum Gasteiger partial charge on any atom is -0.363 e. The van der Waals surface area contributed by atoms with Crippen molar-refractivity contribution in [3.8, 4) is 0 Å². The fraction of sp³-hybridized carbons (Fsp3) is 0.214. The van der Waals surface area contributed by atoms with Crippen molar-refractivity contribution >= 4 is 11.7 Å². The lowest BCUT2D eigenvalue weighted by Gasteiger charge is -2.12. The van der Waals surface area contributed by atoms with Crippen LogP contribution in [0.4, 0.5) is 5.82 Å². The largest absolute Gasteiger partial charge is 0.363 e. The predicted octanol–water partition coefficient (Wildman–Crippen LogP) is 1.47. The zero-order chi connectivity index (χ0) is 13.7. The average molecular weight is 256 g/mol. The fourth-order valence-corrected chi connectivity index (χ4v) is 1.57. The number of aromatic nitrogens is 2. The second kappa shape index (κ2) is 5.95. The summed E-state index contributed by atoms with van der Waals surface area (Å²) in [6.07, 6.45) is 3.40. The number of carbonyl (C=O) groups excluding carboxylic acids is 1. The molecule has 0 saturated carbocycles. The van der Waals surface area contributed by atoms with E-state index in [9.17, 15) is 4.79 Å². The number of hydrogen-bond acceptors (Lipinski definition) is 4. The second-order valence-corrected chi connectivity index (χ2v) is 4.31. The normalized spacial score (nSPS) is 10.0. The summed E-state index contributed by atoms with van der Waals surface area (Å²) in [7, 11) is 3.78. The molecule has 0 radical (unpaired) electrons. The van der Waals surface area contributed by atoms with Crippen LogP contribution in [0.25, 0.3) is 0 Å². The maximum atomic E-state index is 12.0. The molecule has 5 heteroatoms. The number of amides is 1. The SMILES string of the molecule is CN(C)c1cccc(C(=O)NCc2ccncc2)n1. The van der Waals surface area contributed by atoms with Gasteiger partial charge in [0.15, 0.2) is 0 Å². The van der Waals surface area contributed by atoms with Gasteiger partial charge in [-0.2, -0.15) is 0 Å². The summed E-state index contributed by atoms with van der Waals surface area (Å²) in [6, 6.07) is 9.12. The Bertz CT molecular complexity index is 554. The highest BCUT2D eigenvalue weighted by atomic mass is 16.1. The smallest absolute Gasteiger partial charge is 0.270 e. The van der Waals surface area contributed by atoms with E-state index in [1.165, 1.54) is 0 Å². The lowest BCUT2D eigenvalue weighted by atomic mass is 10.2. The van der Waals surface area contributed by atoms with Gasteiger partial charge in [0.05, 0.1) is 0 Å². The van der Waals surface area contributed by atoms with E-state index in [4.69, 9.17) is 0 Å². The van der Waals surface area contributed by atoms with Gasteiger partial charge in [-0.15, -0.1) is 0 Å². The molecule has 1 amide bonds. The molecular formula is C14H16N4O. The number of pyridine rings is 2. The van der Waals surface area contributed by atoms with E-state index in [2.05, 4.69) is 15.3 Å². The highest BCUT2D eigenvalue weighted by molar-refractivity contribution is 5.92. The van der Waals surface area contributed by atoms with Crippen LogP contribution in [-0.4, -0.2) is 30.0 Å². The Labute approximate surface area is 112 Å². The maximum absolute atomic E-state index is 12.0. The fourth-order valence-electron chi connectivity index (χ4n) is 1.57. The topological polar surface area (TPSA) is 58.1 Å². The zero-order valence-corrected chi connectivity index (χ0v) is 11.0. The molecule has 19 heavy (non-hydrogen) atoms. The molecule has 5 nitrogen and oxygen atoms in total. The van der Waals surface area contributed by atoms with Crippen LogP contribution < -0.4 is 10.2 Å². The summed E-state index contributed by atoms with van der Waals surface area (Å²) >= 11 is 0. The Morgan fingerprint density at radius 2 is 1.95 bits per heavy atom. The van der Waals surface area contributed by atoms with Gasteiger partial charge in [-0.1, -0.05) is 6.07 Å². The van der Waals surface area contributed by atoms with E-state index in [0.29, 0.717) is 12.2 Å². The van der Waals surface area contributed by atoms with E-state index in [-0.39, 0.29) is 5.91 Å². The van der Waals surface area contributed by atoms with Gasteiger partial charge >= 0.3 is 0 Å². The van der Waals surface area contributed by atoms with E-state index in [1.807, 2.05) is 43.3 Å². The molecule has 0 aliphatic rings. The highest BCUT2D eigenvalue weighted by Gasteiger charge is 2.08. The summed E-state index contributed by atoms with van der Waals surface area (Å²) in [5.74, 6) is 0.581. The molecule has 0 aromatic carbocycles. The molecule has 0 bridgehead atoms. The third-order valence-corrected chi connectivity index (χ3v) is 2.63. The van der Waals surface area contributed by atoms with Crippen LogP contribution in [-0.2, 0) is 6.54 Å². The van der Waals surface area contributed by atoms with Crippen LogP contribution >= 0.6 is 0 Å². The Morgan fingerprint density at radius 1 is 1.21 bits per heavy atom. The summed E-state index contributed by atoms with van der Waals surface area (Å²) in [5.41, 5.74) is 1.42. The predicted molar refractivity (Wildman–Crippen MR) is 74.0 cm³/mol. The number of anilines is 1. The van der Waals surface area contributed by atoms with Crippen molar-refractivity contribution in [2.75, 3.05) is 19.0 Å². The van der Waals surface area contributed by atoms with Crippen molar-refractivity contribution in [3.63, 3.8) is 0 Å². The first-order valence-corrected chi connectivity index (χ1v) is 5.98. The van der Waals surface area contributed by atoms with Crippen LogP contribution in [0.5, 0.6) is 0 Å². The summed E-state index contributed by atoms with van der Waals surface area (Å²) < 4.78 is 0. The maximum Gasteiger partial charge on any atom is 0.270 e. The molecule has 2 rings (SSSR count). The van der Waals surface area contributed by atoms with Crippen LogP contribution in [0.1, 0.15) is 16.1 Å². The Kier molecular flexibility index (Phi) is 4.07. The molecule has 0 saturated heterocycles. The van der Waals surface area contributed by atoms with Crippen molar-refractivity contribution < 1.29 is 4.79 Å². The van der Waals surface area contributed by atoms with Crippen LogP contribution in [0.2, 0.25) is 0 Å². The van der Waals surface area contributed by atoms with Crippen LogP contribution in [0, 0.1) is 0 Å². The molecule has 0 aliphatic carbocycles. The first-order chi connectivity index (χ1) is 9.16. The summed E-state index contributed by atoms with van der Waals surface area (Å²) in [5, 5.41) is 2.83. The Morgan fingerprint density at radius 3 is 2.63 bits per heavy atom. The molecule has 0 aliphatic heterocycles. The first-order valence-electron chi connectivity index (χ1n) is 5.98. The van der Waals surface area contributed by atoms with Gasteiger partial charge in [-0.05, 0) is 29.8 Å². The third-order valence-electron chi connectivity index (χ3n) is 2.63. The molecule has 98 valence electrons. The number of carbonyl (C=O) groups is 1. The molecule has 1 N–H and O–H groups in total. The molecule has 0 spiro atoms. The number of rotatable bonds is 4. The minimum absolute atomic E-state index is 0.180. The van der Waals surface area contributed by atoms with Gasteiger partial charge in [-0.25, -0.2) is 4.98 Å². The summed E-state index contributed by atoms with van der Waals surface area (Å²) in [4.78, 5) is 22.1.